The topological polar surface area (TPSA) is 12.0 Å². The summed E-state index contributed by atoms with van der Waals surface area (Å²) in [5, 5.41) is 6.83. The van der Waals surface area contributed by atoms with Gasteiger partial charge >= 0.3 is 0 Å². The van der Waals surface area contributed by atoms with Crippen LogP contribution in [0.5, 0.6) is 0 Å². The summed E-state index contributed by atoms with van der Waals surface area (Å²) in [5.41, 5.74) is 0. The second-order valence-corrected chi connectivity index (χ2v) is 8.28. The Kier molecular flexibility index (Phi) is 5.64. The predicted octanol–water partition coefficient (Wildman–Crippen LogP) is 4.59. The van der Waals surface area contributed by atoms with Crippen LogP contribution in [0, 0.1) is 5.92 Å². The molecule has 3 rings (SSSR count). The molecular formula is C20H26NP. The molecular weight excluding hydrogens is 285 g/mol. The number of benzene rings is 2. The molecule has 2 aromatic carbocycles. The Morgan fingerprint density at radius 3 is 1.82 bits per heavy atom. The van der Waals surface area contributed by atoms with Gasteiger partial charge < -0.3 is 0 Å². The van der Waals surface area contributed by atoms with Crippen molar-refractivity contribution in [3.63, 3.8) is 0 Å². The molecule has 0 bridgehead atoms. The summed E-state index contributed by atoms with van der Waals surface area (Å²) >= 11 is 0. The van der Waals surface area contributed by atoms with Crippen molar-refractivity contribution in [3.8, 4) is 0 Å². The molecule has 1 atom stereocenters. The first-order chi connectivity index (χ1) is 10.8. The van der Waals surface area contributed by atoms with Gasteiger partial charge in [-0.05, 0) is 36.3 Å². The largest absolute Gasteiger partial charge is 0.285 e. The van der Waals surface area contributed by atoms with Crippen LogP contribution in [0.3, 0.4) is 0 Å². The molecule has 1 N–H and O–H groups in total. The van der Waals surface area contributed by atoms with E-state index in [1.807, 2.05) is 0 Å². The van der Waals surface area contributed by atoms with Crippen molar-refractivity contribution in [2.45, 2.75) is 45.1 Å². The Balaban J connectivity index is 1.79. The van der Waals surface area contributed by atoms with Crippen LogP contribution >= 0.6 is 8.07 Å². The molecule has 116 valence electrons. The Morgan fingerprint density at radius 1 is 0.818 bits per heavy atom. The third-order valence-corrected chi connectivity index (χ3v) is 7.01. The second kappa shape index (κ2) is 7.90. The van der Waals surface area contributed by atoms with Crippen LogP contribution in [0.15, 0.2) is 60.7 Å². The molecule has 0 heterocycles. The van der Waals surface area contributed by atoms with Gasteiger partial charge in [0.2, 0.25) is 0 Å². The number of rotatable bonds is 5. The molecule has 0 aliphatic heterocycles. The van der Waals surface area contributed by atoms with Gasteiger partial charge in [0.15, 0.2) is 0 Å². The molecule has 2 aromatic rings. The molecule has 0 spiro atoms. The molecule has 1 saturated carbocycles. The first kappa shape index (κ1) is 15.7. The van der Waals surface area contributed by atoms with Crippen molar-refractivity contribution in [1.82, 2.24) is 5.09 Å². The van der Waals surface area contributed by atoms with Crippen molar-refractivity contribution >= 4 is 18.7 Å². The molecule has 0 saturated heterocycles. The van der Waals surface area contributed by atoms with Crippen molar-refractivity contribution in [2.24, 2.45) is 5.92 Å². The zero-order valence-electron chi connectivity index (χ0n) is 13.4. The maximum atomic E-state index is 3.98. The van der Waals surface area contributed by atoms with Crippen LogP contribution in [0.2, 0.25) is 0 Å². The molecule has 22 heavy (non-hydrogen) atoms. The lowest BCUT2D eigenvalue weighted by atomic mass is 9.85. The summed E-state index contributed by atoms with van der Waals surface area (Å²) < 4.78 is 0. The minimum Gasteiger partial charge on any atom is -0.285 e. The van der Waals surface area contributed by atoms with Crippen LogP contribution < -0.4 is 15.7 Å². The number of nitrogens with one attached hydrogen (secondary N) is 1. The smallest absolute Gasteiger partial charge is 0.0255 e. The highest BCUT2D eigenvalue weighted by atomic mass is 31.1. The minimum atomic E-state index is -0.465. The van der Waals surface area contributed by atoms with Crippen molar-refractivity contribution < 1.29 is 0 Å². The zero-order valence-corrected chi connectivity index (χ0v) is 14.3. The monoisotopic (exact) mass is 311 g/mol. The van der Waals surface area contributed by atoms with E-state index in [1.165, 1.54) is 42.7 Å². The Labute approximate surface area is 136 Å². The van der Waals surface area contributed by atoms with Crippen LogP contribution in [0.4, 0.5) is 0 Å². The lowest BCUT2D eigenvalue weighted by Crippen LogP contribution is -2.36. The van der Waals surface area contributed by atoms with Gasteiger partial charge in [-0.15, -0.1) is 0 Å². The fourth-order valence-corrected chi connectivity index (χ4v) is 5.55. The molecule has 0 amide bonds. The van der Waals surface area contributed by atoms with Crippen molar-refractivity contribution in [2.75, 3.05) is 0 Å². The first-order valence-electron chi connectivity index (χ1n) is 8.51. The third-order valence-electron chi connectivity index (χ3n) is 4.72. The fraction of sp³-hybridized carbons (Fsp3) is 0.400. The molecule has 2 heteroatoms. The van der Waals surface area contributed by atoms with E-state index in [0.717, 1.165) is 5.92 Å². The molecule has 1 fully saturated rings. The molecule has 1 nitrogen and oxygen atoms in total. The summed E-state index contributed by atoms with van der Waals surface area (Å²) in [5.74, 6) is 0.839. The Morgan fingerprint density at radius 2 is 1.32 bits per heavy atom. The predicted molar refractivity (Wildman–Crippen MR) is 98.2 cm³/mol. The average molecular weight is 311 g/mol. The molecule has 1 aliphatic carbocycles. The van der Waals surface area contributed by atoms with Gasteiger partial charge in [0.25, 0.3) is 0 Å². The quantitative estimate of drug-likeness (QED) is 0.796. The average Bonchev–Trinajstić information content (AvgIpc) is 2.62. The molecule has 0 unspecified atom stereocenters. The summed E-state index contributed by atoms with van der Waals surface area (Å²) in [7, 11) is -0.465. The van der Waals surface area contributed by atoms with Gasteiger partial charge in [-0.2, -0.15) is 0 Å². The van der Waals surface area contributed by atoms with E-state index in [-0.39, 0.29) is 0 Å². The maximum Gasteiger partial charge on any atom is 0.0255 e. The summed E-state index contributed by atoms with van der Waals surface area (Å²) in [4.78, 5) is 0. The number of hydrogen-bond acceptors (Lipinski definition) is 1. The SMILES string of the molecule is C[C@@H](NP(c1ccccc1)c1ccccc1)C1CCCCC1. The highest BCUT2D eigenvalue weighted by molar-refractivity contribution is 7.71. The lowest BCUT2D eigenvalue weighted by molar-refractivity contribution is 0.306. The zero-order chi connectivity index (χ0) is 15.2. The summed E-state index contributed by atoms with van der Waals surface area (Å²) in [6.45, 7) is 2.39. The summed E-state index contributed by atoms with van der Waals surface area (Å²) in [6.07, 6.45) is 7.02. The van der Waals surface area contributed by atoms with E-state index in [2.05, 4.69) is 72.7 Å². The normalized spacial score (nSPS) is 17.5. The van der Waals surface area contributed by atoms with Gasteiger partial charge in [-0.3, -0.25) is 5.09 Å². The summed E-state index contributed by atoms with van der Waals surface area (Å²) in [6, 6.07) is 22.5. The lowest BCUT2D eigenvalue weighted by Gasteiger charge is -2.32. The maximum absolute atomic E-state index is 3.98. The van der Waals surface area contributed by atoms with Gasteiger partial charge in [0.1, 0.15) is 0 Å². The van der Waals surface area contributed by atoms with E-state index in [4.69, 9.17) is 0 Å². The minimum absolute atomic E-state index is 0.465. The van der Waals surface area contributed by atoms with E-state index in [0.29, 0.717) is 6.04 Å². The van der Waals surface area contributed by atoms with Crippen LogP contribution in [0.25, 0.3) is 0 Å². The molecule has 0 aromatic heterocycles. The van der Waals surface area contributed by atoms with Crippen molar-refractivity contribution in [3.05, 3.63) is 60.7 Å². The van der Waals surface area contributed by atoms with Crippen LogP contribution in [0.1, 0.15) is 39.0 Å². The van der Waals surface area contributed by atoms with E-state index >= 15 is 0 Å². The van der Waals surface area contributed by atoms with E-state index in [1.54, 1.807) is 0 Å². The highest BCUT2D eigenvalue weighted by Gasteiger charge is 2.23. The fourth-order valence-electron chi connectivity index (χ4n) is 3.40. The van der Waals surface area contributed by atoms with Gasteiger partial charge in [-0.1, -0.05) is 79.9 Å². The second-order valence-electron chi connectivity index (χ2n) is 6.32. The number of hydrogen-bond donors (Lipinski definition) is 1. The first-order valence-corrected chi connectivity index (χ1v) is 9.85. The van der Waals surface area contributed by atoms with Gasteiger partial charge in [0, 0.05) is 14.1 Å². The Bertz CT molecular complexity index is 509. The van der Waals surface area contributed by atoms with Crippen molar-refractivity contribution in [1.29, 1.82) is 0 Å². The Hall–Kier alpha value is -1.17. The highest BCUT2D eigenvalue weighted by Crippen LogP contribution is 2.34. The van der Waals surface area contributed by atoms with Crippen LogP contribution in [-0.4, -0.2) is 6.04 Å². The van der Waals surface area contributed by atoms with E-state index < -0.39 is 8.07 Å². The van der Waals surface area contributed by atoms with Gasteiger partial charge in [0.05, 0.1) is 0 Å². The standard InChI is InChI=1S/C20H26NP/c1-17(18-11-5-2-6-12-18)21-22(19-13-7-3-8-14-19)20-15-9-4-10-16-20/h3-4,7-10,13-18,21H,2,5-6,11-12H2,1H3/t17-/m1/s1. The van der Waals surface area contributed by atoms with E-state index in [9.17, 15) is 0 Å². The third kappa shape index (κ3) is 3.97. The molecule has 0 radical (unpaired) electrons. The van der Waals surface area contributed by atoms with Gasteiger partial charge in [-0.25, -0.2) is 0 Å². The van der Waals surface area contributed by atoms with Crippen LogP contribution in [-0.2, 0) is 0 Å². The molecule has 1 aliphatic rings.